The molecule has 0 aliphatic rings. The predicted molar refractivity (Wildman–Crippen MR) is 75.3 cm³/mol. The van der Waals surface area contributed by atoms with E-state index in [0.29, 0.717) is 6.04 Å². The van der Waals surface area contributed by atoms with E-state index >= 15 is 0 Å². The molecule has 1 aromatic carbocycles. The topological polar surface area (TPSA) is 15.3 Å². The van der Waals surface area contributed by atoms with Crippen LogP contribution in [0, 0.1) is 0 Å². The summed E-state index contributed by atoms with van der Waals surface area (Å²) in [4.78, 5) is 2.48. The van der Waals surface area contributed by atoms with E-state index in [0.717, 1.165) is 19.6 Å². The fraction of sp³-hybridized carbons (Fsp3) is 0.600. The van der Waals surface area contributed by atoms with Crippen LogP contribution in [-0.2, 0) is 0 Å². The molecule has 0 aliphatic carbocycles. The highest BCUT2D eigenvalue weighted by atomic mass is 15.1. The fourth-order valence-corrected chi connectivity index (χ4v) is 2.17. The average Bonchev–Trinajstić information content (AvgIpc) is 2.39. The lowest BCUT2D eigenvalue weighted by Crippen LogP contribution is -2.29. The highest BCUT2D eigenvalue weighted by Crippen LogP contribution is 2.16. The second-order valence-electron chi connectivity index (χ2n) is 4.34. The lowest BCUT2D eigenvalue weighted by atomic mass is 10.0. The third-order valence-electron chi connectivity index (χ3n) is 3.28. The van der Waals surface area contributed by atoms with Gasteiger partial charge in [-0.15, -0.1) is 0 Å². The smallest absolute Gasteiger partial charge is 0.0332 e. The second-order valence-corrected chi connectivity index (χ2v) is 4.34. The normalized spacial score (nSPS) is 12.9. The van der Waals surface area contributed by atoms with Crippen LogP contribution in [0.1, 0.15) is 38.8 Å². The Morgan fingerprint density at radius 3 is 2.24 bits per heavy atom. The van der Waals surface area contributed by atoms with E-state index < -0.39 is 0 Å². The molecule has 0 spiro atoms. The Bertz CT molecular complexity index is 280. The minimum atomic E-state index is 0.488. The maximum absolute atomic E-state index is 3.58. The standard InChI is InChI=1S/C15H26N2/c1-4-16-15(12-13-17(5-2)6-3)14-10-8-7-9-11-14/h7-11,15-16H,4-6,12-13H2,1-3H3. The van der Waals surface area contributed by atoms with Gasteiger partial charge in [0.25, 0.3) is 0 Å². The second kappa shape index (κ2) is 8.26. The zero-order valence-electron chi connectivity index (χ0n) is 11.4. The monoisotopic (exact) mass is 234 g/mol. The molecule has 0 aromatic heterocycles. The first-order chi connectivity index (χ1) is 8.31. The van der Waals surface area contributed by atoms with E-state index in [-0.39, 0.29) is 0 Å². The molecular weight excluding hydrogens is 208 g/mol. The summed E-state index contributed by atoms with van der Waals surface area (Å²) in [7, 11) is 0. The molecule has 1 aromatic rings. The van der Waals surface area contributed by atoms with Gasteiger partial charge in [0.1, 0.15) is 0 Å². The number of hydrogen-bond acceptors (Lipinski definition) is 2. The number of benzene rings is 1. The van der Waals surface area contributed by atoms with Crippen molar-refractivity contribution < 1.29 is 0 Å². The van der Waals surface area contributed by atoms with Crippen molar-refractivity contribution in [3.8, 4) is 0 Å². The zero-order chi connectivity index (χ0) is 12.5. The van der Waals surface area contributed by atoms with E-state index in [2.05, 4.69) is 61.3 Å². The van der Waals surface area contributed by atoms with Gasteiger partial charge in [0.2, 0.25) is 0 Å². The largest absolute Gasteiger partial charge is 0.310 e. The Morgan fingerprint density at radius 1 is 1.06 bits per heavy atom. The molecule has 0 heterocycles. The molecule has 17 heavy (non-hydrogen) atoms. The first-order valence-electron chi connectivity index (χ1n) is 6.82. The van der Waals surface area contributed by atoms with Crippen LogP contribution in [0.3, 0.4) is 0 Å². The Morgan fingerprint density at radius 2 is 1.71 bits per heavy atom. The molecule has 0 aliphatic heterocycles. The summed E-state index contributed by atoms with van der Waals surface area (Å²) in [6.45, 7) is 11.1. The summed E-state index contributed by atoms with van der Waals surface area (Å²) in [5.41, 5.74) is 1.40. The van der Waals surface area contributed by atoms with Crippen molar-refractivity contribution >= 4 is 0 Å². The van der Waals surface area contributed by atoms with E-state index in [9.17, 15) is 0 Å². The molecule has 1 N–H and O–H groups in total. The summed E-state index contributed by atoms with van der Waals surface area (Å²) in [5, 5.41) is 3.58. The van der Waals surface area contributed by atoms with E-state index in [1.165, 1.54) is 18.5 Å². The summed E-state index contributed by atoms with van der Waals surface area (Å²) in [6.07, 6.45) is 1.18. The van der Waals surface area contributed by atoms with Crippen LogP contribution in [0.5, 0.6) is 0 Å². The van der Waals surface area contributed by atoms with Gasteiger partial charge in [0.15, 0.2) is 0 Å². The predicted octanol–water partition coefficient (Wildman–Crippen LogP) is 3.07. The molecule has 1 rings (SSSR count). The molecule has 1 atom stereocenters. The molecule has 0 fully saturated rings. The third kappa shape index (κ3) is 4.88. The van der Waals surface area contributed by atoms with Crippen LogP contribution in [0.2, 0.25) is 0 Å². The lowest BCUT2D eigenvalue weighted by Gasteiger charge is -2.23. The van der Waals surface area contributed by atoms with Gasteiger partial charge < -0.3 is 10.2 Å². The summed E-state index contributed by atoms with van der Waals surface area (Å²) in [5.74, 6) is 0. The Balaban J connectivity index is 2.55. The van der Waals surface area contributed by atoms with Crippen LogP contribution < -0.4 is 5.32 Å². The van der Waals surface area contributed by atoms with E-state index in [4.69, 9.17) is 0 Å². The first-order valence-corrected chi connectivity index (χ1v) is 6.82. The van der Waals surface area contributed by atoms with Gasteiger partial charge in [0.05, 0.1) is 0 Å². The van der Waals surface area contributed by atoms with Crippen molar-refractivity contribution in [1.82, 2.24) is 10.2 Å². The quantitative estimate of drug-likeness (QED) is 0.743. The molecule has 2 nitrogen and oxygen atoms in total. The van der Waals surface area contributed by atoms with Crippen molar-refractivity contribution in [3.05, 3.63) is 35.9 Å². The van der Waals surface area contributed by atoms with Gasteiger partial charge in [-0.05, 0) is 38.2 Å². The van der Waals surface area contributed by atoms with Gasteiger partial charge in [0, 0.05) is 6.04 Å². The molecule has 0 saturated heterocycles. The SMILES string of the molecule is CCNC(CCN(CC)CC)c1ccccc1. The molecule has 0 radical (unpaired) electrons. The van der Waals surface area contributed by atoms with E-state index in [1.54, 1.807) is 0 Å². The lowest BCUT2D eigenvalue weighted by molar-refractivity contribution is 0.282. The maximum atomic E-state index is 3.58. The Kier molecular flexibility index (Phi) is 6.90. The molecule has 0 amide bonds. The van der Waals surface area contributed by atoms with Crippen LogP contribution in [0.4, 0.5) is 0 Å². The van der Waals surface area contributed by atoms with Crippen LogP contribution >= 0.6 is 0 Å². The van der Waals surface area contributed by atoms with Gasteiger partial charge >= 0.3 is 0 Å². The fourth-order valence-electron chi connectivity index (χ4n) is 2.17. The Labute approximate surface area is 106 Å². The summed E-state index contributed by atoms with van der Waals surface area (Å²) < 4.78 is 0. The van der Waals surface area contributed by atoms with Crippen molar-refractivity contribution in [2.45, 2.75) is 33.2 Å². The number of rotatable bonds is 8. The van der Waals surface area contributed by atoms with Gasteiger partial charge in [-0.25, -0.2) is 0 Å². The first kappa shape index (κ1) is 14.2. The van der Waals surface area contributed by atoms with Gasteiger partial charge in [-0.3, -0.25) is 0 Å². The van der Waals surface area contributed by atoms with Crippen LogP contribution in [-0.4, -0.2) is 31.1 Å². The maximum Gasteiger partial charge on any atom is 0.0332 e. The van der Waals surface area contributed by atoms with Crippen LogP contribution in [0.25, 0.3) is 0 Å². The highest BCUT2D eigenvalue weighted by Gasteiger charge is 2.10. The van der Waals surface area contributed by atoms with Crippen molar-refractivity contribution in [2.75, 3.05) is 26.2 Å². The summed E-state index contributed by atoms with van der Waals surface area (Å²) >= 11 is 0. The third-order valence-corrected chi connectivity index (χ3v) is 3.28. The average molecular weight is 234 g/mol. The van der Waals surface area contributed by atoms with Gasteiger partial charge in [-0.2, -0.15) is 0 Å². The highest BCUT2D eigenvalue weighted by molar-refractivity contribution is 5.18. The molecule has 96 valence electrons. The van der Waals surface area contributed by atoms with Crippen molar-refractivity contribution in [3.63, 3.8) is 0 Å². The molecule has 1 unspecified atom stereocenters. The number of nitrogens with zero attached hydrogens (tertiary/aromatic N) is 1. The van der Waals surface area contributed by atoms with Crippen LogP contribution in [0.15, 0.2) is 30.3 Å². The molecular formula is C15H26N2. The van der Waals surface area contributed by atoms with Gasteiger partial charge in [-0.1, -0.05) is 51.1 Å². The van der Waals surface area contributed by atoms with Crippen molar-refractivity contribution in [1.29, 1.82) is 0 Å². The molecule has 2 heteroatoms. The number of nitrogens with one attached hydrogen (secondary N) is 1. The van der Waals surface area contributed by atoms with Crippen molar-refractivity contribution in [2.24, 2.45) is 0 Å². The minimum Gasteiger partial charge on any atom is -0.310 e. The number of hydrogen-bond donors (Lipinski definition) is 1. The molecule has 0 bridgehead atoms. The zero-order valence-corrected chi connectivity index (χ0v) is 11.4. The Hall–Kier alpha value is -0.860. The molecule has 0 saturated carbocycles. The van der Waals surface area contributed by atoms with E-state index in [1.807, 2.05) is 0 Å². The minimum absolute atomic E-state index is 0.488. The summed E-state index contributed by atoms with van der Waals surface area (Å²) in [6, 6.07) is 11.2.